The molecule has 5 nitrogen and oxygen atoms in total. The lowest BCUT2D eigenvalue weighted by atomic mass is 9.83. The first kappa shape index (κ1) is 14.8. The summed E-state index contributed by atoms with van der Waals surface area (Å²) >= 11 is 0. The minimum absolute atomic E-state index is 0.0165. The molecule has 122 valence electrons. The summed E-state index contributed by atoms with van der Waals surface area (Å²) in [4.78, 5) is 18.4. The van der Waals surface area contributed by atoms with E-state index in [9.17, 15) is 4.79 Å². The number of carbonyl (C=O) groups excluding carboxylic acids is 1. The van der Waals surface area contributed by atoms with Gasteiger partial charge in [0, 0.05) is 25.3 Å². The fourth-order valence-electron chi connectivity index (χ4n) is 3.33. The number of ether oxygens (including phenoxy) is 1. The van der Waals surface area contributed by atoms with E-state index in [1.165, 1.54) is 0 Å². The number of amides is 2. The van der Waals surface area contributed by atoms with Crippen molar-refractivity contribution < 1.29 is 9.53 Å². The van der Waals surface area contributed by atoms with Crippen LogP contribution < -0.4 is 15.0 Å². The molecule has 2 aromatic carbocycles. The van der Waals surface area contributed by atoms with Crippen LogP contribution >= 0.6 is 0 Å². The minimum Gasteiger partial charge on any atom is -0.492 e. The molecule has 2 heterocycles. The molecule has 0 radical (unpaired) electrons. The SMILES string of the molecule is CN(C)c1ccc(C2NC(=O)N=C3c4ccccc4OCC32)cc1. The summed E-state index contributed by atoms with van der Waals surface area (Å²) in [7, 11) is 4.02. The largest absolute Gasteiger partial charge is 0.492 e. The fraction of sp³-hybridized carbons (Fsp3) is 0.263. The van der Waals surface area contributed by atoms with Gasteiger partial charge >= 0.3 is 6.03 Å². The standard InChI is InChI=1S/C19H19N3O2/c1-22(2)13-9-7-12(8-10-13)17-15-11-24-16-6-4-3-5-14(16)18(15)21-19(23)20-17/h3-10,15,17H,11H2,1-2H3,(H,20,23). The van der Waals surface area contributed by atoms with Crippen molar-refractivity contribution in [1.82, 2.24) is 5.32 Å². The zero-order valence-corrected chi connectivity index (χ0v) is 13.7. The molecule has 2 unspecified atom stereocenters. The molecule has 5 heteroatoms. The summed E-state index contributed by atoms with van der Waals surface area (Å²) in [5, 5.41) is 2.99. The van der Waals surface area contributed by atoms with Gasteiger partial charge in [-0.3, -0.25) is 0 Å². The molecule has 2 aliphatic rings. The summed E-state index contributed by atoms with van der Waals surface area (Å²) < 4.78 is 5.90. The van der Waals surface area contributed by atoms with E-state index < -0.39 is 0 Å². The number of fused-ring (bicyclic) bond motifs is 3. The normalized spacial score (nSPS) is 21.8. The van der Waals surface area contributed by atoms with Crippen LogP contribution in [0, 0.1) is 5.92 Å². The number of carbonyl (C=O) groups is 1. The number of hydrogen-bond donors (Lipinski definition) is 1. The summed E-state index contributed by atoms with van der Waals surface area (Å²) in [6, 6.07) is 15.6. The highest BCUT2D eigenvalue weighted by atomic mass is 16.5. The van der Waals surface area contributed by atoms with Gasteiger partial charge in [0.2, 0.25) is 0 Å². The average Bonchev–Trinajstić information content (AvgIpc) is 2.61. The Labute approximate surface area is 141 Å². The van der Waals surface area contributed by atoms with Gasteiger partial charge < -0.3 is 15.0 Å². The van der Waals surface area contributed by atoms with Crippen molar-refractivity contribution in [3.05, 3.63) is 59.7 Å². The number of aliphatic imine (C=N–C) groups is 1. The Morgan fingerprint density at radius 2 is 1.88 bits per heavy atom. The summed E-state index contributed by atoms with van der Waals surface area (Å²) in [6.07, 6.45) is 0. The van der Waals surface area contributed by atoms with E-state index in [1.54, 1.807) is 0 Å². The molecule has 4 rings (SSSR count). The van der Waals surface area contributed by atoms with Gasteiger partial charge in [0.25, 0.3) is 0 Å². The van der Waals surface area contributed by atoms with E-state index >= 15 is 0 Å². The van der Waals surface area contributed by atoms with Gasteiger partial charge in [0.1, 0.15) is 5.75 Å². The first-order valence-corrected chi connectivity index (χ1v) is 8.02. The van der Waals surface area contributed by atoms with E-state index in [2.05, 4.69) is 39.5 Å². The molecule has 0 saturated heterocycles. The van der Waals surface area contributed by atoms with Crippen molar-refractivity contribution in [3.63, 3.8) is 0 Å². The Kier molecular flexibility index (Phi) is 3.49. The van der Waals surface area contributed by atoms with Crippen LogP contribution in [0.25, 0.3) is 0 Å². The number of nitrogens with one attached hydrogen (secondary N) is 1. The van der Waals surface area contributed by atoms with Crippen molar-refractivity contribution in [1.29, 1.82) is 0 Å². The zero-order chi connectivity index (χ0) is 16.7. The molecular weight excluding hydrogens is 302 g/mol. The quantitative estimate of drug-likeness (QED) is 0.925. The third-order valence-corrected chi connectivity index (χ3v) is 4.60. The fourth-order valence-corrected chi connectivity index (χ4v) is 3.33. The van der Waals surface area contributed by atoms with Crippen LogP contribution in [0.1, 0.15) is 17.2 Å². The van der Waals surface area contributed by atoms with Crippen LogP contribution in [0.4, 0.5) is 10.5 Å². The highest BCUT2D eigenvalue weighted by Crippen LogP contribution is 2.36. The van der Waals surface area contributed by atoms with Crippen molar-refractivity contribution in [2.24, 2.45) is 10.9 Å². The van der Waals surface area contributed by atoms with E-state index in [1.807, 2.05) is 38.4 Å². The van der Waals surface area contributed by atoms with Gasteiger partial charge in [-0.25, -0.2) is 4.79 Å². The van der Waals surface area contributed by atoms with Crippen LogP contribution in [0.15, 0.2) is 53.5 Å². The highest BCUT2D eigenvalue weighted by molar-refractivity contribution is 6.11. The molecule has 2 aromatic rings. The Balaban J connectivity index is 1.72. The van der Waals surface area contributed by atoms with Crippen LogP contribution in [-0.4, -0.2) is 32.4 Å². The number of para-hydroxylation sites is 1. The average molecular weight is 321 g/mol. The van der Waals surface area contributed by atoms with Gasteiger partial charge in [-0.05, 0) is 29.8 Å². The molecule has 2 aliphatic heterocycles. The maximum absolute atomic E-state index is 12.1. The highest BCUT2D eigenvalue weighted by Gasteiger charge is 2.38. The molecule has 0 spiro atoms. The Bertz CT molecular complexity index is 812. The maximum Gasteiger partial charge on any atom is 0.341 e. The third-order valence-electron chi connectivity index (χ3n) is 4.60. The topological polar surface area (TPSA) is 53.9 Å². The molecule has 0 aliphatic carbocycles. The van der Waals surface area contributed by atoms with Gasteiger partial charge in [-0.15, -0.1) is 0 Å². The second-order valence-corrected chi connectivity index (χ2v) is 6.32. The van der Waals surface area contributed by atoms with Crippen LogP contribution in [0.5, 0.6) is 5.75 Å². The predicted molar refractivity (Wildman–Crippen MR) is 94.0 cm³/mol. The second kappa shape index (κ2) is 5.67. The molecule has 2 amide bonds. The van der Waals surface area contributed by atoms with Gasteiger partial charge in [0.05, 0.1) is 24.3 Å². The summed E-state index contributed by atoms with van der Waals surface area (Å²) in [6.45, 7) is 0.510. The second-order valence-electron chi connectivity index (χ2n) is 6.32. The number of nitrogens with zero attached hydrogens (tertiary/aromatic N) is 2. The lowest BCUT2D eigenvalue weighted by Crippen LogP contribution is -2.45. The van der Waals surface area contributed by atoms with Gasteiger partial charge in [-0.1, -0.05) is 24.3 Å². The Morgan fingerprint density at radius 1 is 1.12 bits per heavy atom. The molecule has 0 aromatic heterocycles. The molecule has 0 saturated carbocycles. The Morgan fingerprint density at radius 3 is 2.62 bits per heavy atom. The van der Waals surface area contributed by atoms with E-state index in [4.69, 9.17) is 4.74 Å². The number of rotatable bonds is 2. The molecule has 0 fully saturated rings. The summed E-state index contributed by atoms with van der Waals surface area (Å²) in [5.41, 5.74) is 3.93. The minimum atomic E-state index is -0.292. The molecule has 0 bridgehead atoms. The number of benzene rings is 2. The van der Waals surface area contributed by atoms with Crippen molar-refractivity contribution in [2.45, 2.75) is 6.04 Å². The molecule has 2 atom stereocenters. The van der Waals surface area contributed by atoms with E-state index in [0.29, 0.717) is 6.61 Å². The maximum atomic E-state index is 12.1. The predicted octanol–water partition coefficient (Wildman–Crippen LogP) is 3.01. The Hall–Kier alpha value is -2.82. The van der Waals surface area contributed by atoms with Crippen LogP contribution in [0.3, 0.4) is 0 Å². The monoisotopic (exact) mass is 321 g/mol. The van der Waals surface area contributed by atoms with E-state index in [0.717, 1.165) is 28.3 Å². The summed E-state index contributed by atoms with van der Waals surface area (Å²) in [5.74, 6) is 0.812. The number of anilines is 1. The van der Waals surface area contributed by atoms with Crippen molar-refractivity contribution >= 4 is 17.4 Å². The molecular formula is C19H19N3O2. The molecule has 1 N–H and O–H groups in total. The van der Waals surface area contributed by atoms with Crippen molar-refractivity contribution in [3.8, 4) is 5.75 Å². The van der Waals surface area contributed by atoms with Crippen LogP contribution in [0.2, 0.25) is 0 Å². The van der Waals surface area contributed by atoms with Gasteiger partial charge in [-0.2, -0.15) is 4.99 Å². The first-order chi connectivity index (χ1) is 11.6. The van der Waals surface area contributed by atoms with Crippen molar-refractivity contribution in [2.75, 3.05) is 25.6 Å². The molecule has 24 heavy (non-hydrogen) atoms. The lowest BCUT2D eigenvalue weighted by molar-refractivity contribution is 0.218. The lowest BCUT2D eigenvalue weighted by Gasteiger charge is -2.36. The zero-order valence-electron chi connectivity index (χ0n) is 13.7. The number of hydrogen-bond acceptors (Lipinski definition) is 3. The number of urea groups is 1. The first-order valence-electron chi connectivity index (χ1n) is 8.02. The smallest absolute Gasteiger partial charge is 0.341 e. The third kappa shape index (κ3) is 2.42. The van der Waals surface area contributed by atoms with Crippen LogP contribution in [-0.2, 0) is 0 Å². The van der Waals surface area contributed by atoms with Gasteiger partial charge in [0.15, 0.2) is 0 Å². The van der Waals surface area contributed by atoms with E-state index in [-0.39, 0.29) is 18.0 Å².